The Morgan fingerprint density at radius 3 is 2.84 bits per heavy atom. The lowest BCUT2D eigenvalue weighted by Gasteiger charge is -2.15. The zero-order valence-corrected chi connectivity index (χ0v) is 15.0. The monoisotopic (exact) mass is 343 g/mol. The maximum atomic E-state index is 11.1. The van der Waals surface area contributed by atoms with E-state index >= 15 is 0 Å². The minimum atomic E-state index is -0.302. The Morgan fingerprint density at radius 1 is 1.32 bits per heavy atom. The van der Waals surface area contributed by atoms with Crippen LogP contribution in [0.15, 0.2) is 36.8 Å². The molecular weight excluding hydrogens is 318 g/mol. The largest absolute Gasteiger partial charge is 0.493 e. The van der Waals surface area contributed by atoms with Crippen molar-refractivity contribution in [1.29, 1.82) is 0 Å². The van der Waals surface area contributed by atoms with Gasteiger partial charge in [0.2, 0.25) is 0 Å². The molecule has 0 fully saturated rings. The lowest BCUT2D eigenvalue weighted by Crippen LogP contribution is -2.28. The van der Waals surface area contributed by atoms with E-state index in [0.717, 1.165) is 29.0 Å². The first-order valence-electron chi connectivity index (χ1n) is 8.44. The lowest BCUT2D eigenvalue weighted by molar-refractivity contribution is -0.142. The van der Waals surface area contributed by atoms with Crippen LogP contribution < -0.4 is 10.1 Å². The van der Waals surface area contributed by atoms with Crippen molar-refractivity contribution in [2.24, 2.45) is 0 Å². The van der Waals surface area contributed by atoms with E-state index in [1.54, 1.807) is 18.6 Å². The fraction of sp³-hybridized carbons (Fsp3) is 0.421. The third-order valence-corrected chi connectivity index (χ3v) is 3.64. The highest BCUT2D eigenvalue weighted by Crippen LogP contribution is 2.21. The Hall–Kier alpha value is -2.47. The molecule has 0 aliphatic carbocycles. The van der Waals surface area contributed by atoms with Crippen LogP contribution in [0.25, 0.3) is 0 Å². The van der Waals surface area contributed by atoms with Crippen LogP contribution in [0, 0.1) is 0 Å². The average molecular weight is 343 g/mol. The third-order valence-electron chi connectivity index (χ3n) is 3.64. The molecule has 0 radical (unpaired) electrons. The third kappa shape index (κ3) is 6.51. The van der Waals surface area contributed by atoms with E-state index in [0.29, 0.717) is 13.2 Å². The molecule has 2 rings (SSSR count). The van der Waals surface area contributed by atoms with Crippen LogP contribution in [0.1, 0.15) is 37.6 Å². The summed E-state index contributed by atoms with van der Waals surface area (Å²) in [4.78, 5) is 19.5. The maximum Gasteiger partial charge on any atom is 0.302 e. The van der Waals surface area contributed by atoms with Gasteiger partial charge >= 0.3 is 5.97 Å². The molecule has 6 nitrogen and oxygen atoms in total. The predicted octanol–water partition coefficient (Wildman–Crippen LogP) is 2.66. The zero-order valence-electron chi connectivity index (χ0n) is 15.0. The molecule has 0 aliphatic rings. The molecule has 2 aromatic rings. The Labute approximate surface area is 148 Å². The topological polar surface area (TPSA) is 73.3 Å². The van der Waals surface area contributed by atoms with Crippen molar-refractivity contribution in [3.63, 3.8) is 0 Å². The number of aromatic nitrogens is 2. The lowest BCUT2D eigenvalue weighted by atomic mass is 10.1. The number of nitrogens with zero attached hydrogens (tertiary/aromatic N) is 2. The second-order valence-corrected chi connectivity index (χ2v) is 5.84. The zero-order chi connectivity index (χ0) is 18.1. The van der Waals surface area contributed by atoms with Gasteiger partial charge in [0.25, 0.3) is 0 Å². The van der Waals surface area contributed by atoms with E-state index in [-0.39, 0.29) is 18.6 Å². The highest BCUT2D eigenvalue weighted by Gasteiger charge is 2.09. The van der Waals surface area contributed by atoms with E-state index in [4.69, 9.17) is 9.47 Å². The molecule has 1 heterocycles. The molecule has 0 bridgehead atoms. The molecule has 0 aliphatic heterocycles. The van der Waals surface area contributed by atoms with Gasteiger partial charge in [-0.05, 0) is 31.5 Å². The van der Waals surface area contributed by atoms with Gasteiger partial charge in [-0.25, -0.2) is 0 Å². The van der Waals surface area contributed by atoms with Crippen molar-refractivity contribution in [2.75, 3.05) is 6.61 Å². The first kappa shape index (κ1) is 18.9. The van der Waals surface area contributed by atoms with Gasteiger partial charge < -0.3 is 14.8 Å². The predicted molar refractivity (Wildman–Crippen MR) is 95.1 cm³/mol. The SMILES string of the molecule is CCOc1ccc(CN[C@H](C)Cc2cnccn2)cc1COC(C)=O. The van der Waals surface area contributed by atoms with Gasteiger partial charge in [-0.3, -0.25) is 14.8 Å². The number of carbonyl (C=O) groups excluding carboxylic acids is 1. The van der Waals surface area contributed by atoms with Gasteiger partial charge in [-0.1, -0.05) is 6.07 Å². The second-order valence-electron chi connectivity index (χ2n) is 5.84. The molecule has 0 saturated heterocycles. The summed E-state index contributed by atoms with van der Waals surface area (Å²) in [7, 11) is 0. The number of hydrogen-bond donors (Lipinski definition) is 1. The van der Waals surface area contributed by atoms with E-state index < -0.39 is 0 Å². The number of carbonyl (C=O) groups is 1. The van der Waals surface area contributed by atoms with Gasteiger partial charge in [-0.15, -0.1) is 0 Å². The van der Waals surface area contributed by atoms with Crippen molar-refractivity contribution < 1.29 is 14.3 Å². The fourth-order valence-corrected chi connectivity index (χ4v) is 2.44. The van der Waals surface area contributed by atoms with Gasteiger partial charge in [0, 0.05) is 50.1 Å². The molecule has 1 N–H and O–H groups in total. The minimum absolute atomic E-state index is 0.216. The highest BCUT2D eigenvalue weighted by atomic mass is 16.5. The van der Waals surface area contributed by atoms with Gasteiger partial charge in [-0.2, -0.15) is 0 Å². The van der Waals surface area contributed by atoms with Crippen LogP contribution in [-0.4, -0.2) is 28.6 Å². The first-order chi connectivity index (χ1) is 12.1. The van der Waals surface area contributed by atoms with Gasteiger partial charge in [0.1, 0.15) is 12.4 Å². The van der Waals surface area contributed by atoms with E-state index in [1.807, 2.05) is 25.1 Å². The highest BCUT2D eigenvalue weighted by molar-refractivity contribution is 5.66. The van der Waals surface area contributed by atoms with Crippen LogP contribution in [0.5, 0.6) is 5.75 Å². The average Bonchev–Trinajstić information content (AvgIpc) is 2.60. The van der Waals surface area contributed by atoms with Crippen LogP contribution in [0.3, 0.4) is 0 Å². The standard InChI is InChI=1S/C19H25N3O3/c1-4-24-19-6-5-16(10-17(19)13-25-15(3)23)11-22-14(2)9-18-12-20-7-8-21-18/h5-8,10,12,14,22H,4,9,11,13H2,1-3H3/t14-/m1/s1. The Bertz CT molecular complexity index is 677. The van der Waals surface area contributed by atoms with Crippen LogP contribution in [-0.2, 0) is 29.1 Å². The molecule has 0 amide bonds. The number of ether oxygens (including phenoxy) is 2. The molecule has 0 unspecified atom stereocenters. The molecule has 1 aromatic carbocycles. The van der Waals surface area contributed by atoms with E-state index in [9.17, 15) is 4.79 Å². The Balaban J connectivity index is 1.96. The molecule has 0 spiro atoms. The number of hydrogen-bond acceptors (Lipinski definition) is 6. The molecule has 6 heteroatoms. The van der Waals surface area contributed by atoms with Crippen molar-refractivity contribution in [1.82, 2.24) is 15.3 Å². The summed E-state index contributed by atoms with van der Waals surface area (Å²) >= 11 is 0. The fourth-order valence-electron chi connectivity index (χ4n) is 2.44. The summed E-state index contributed by atoms with van der Waals surface area (Å²) in [5.74, 6) is 0.448. The van der Waals surface area contributed by atoms with Crippen LogP contribution >= 0.6 is 0 Å². The number of rotatable bonds is 9. The molecule has 134 valence electrons. The van der Waals surface area contributed by atoms with Crippen molar-refractivity contribution in [3.05, 3.63) is 53.6 Å². The van der Waals surface area contributed by atoms with E-state index in [1.165, 1.54) is 6.92 Å². The summed E-state index contributed by atoms with van der Waals surface area (Å²) in [6, 6.07) is 6.22. The summed E-state index contributed by atoms with van der Waals surface area (Å²) < 4.78 is 10.7. The normalized spacial score (nSPS) is 11.8. The number of esters is 1. The smallest absolute Gasteiger partial charge is 0.302 e. The molecule has 1 aromatic heterocycles. The molecular formula is C19H25N3O3. The summed E-state index contributed by atoms with van der Waals surface area (Å²) in [5, 5.41) is 3.47. The minimum Gasteiger partial charge on any atom is -0.493 e. The molecule has 1 atom stereocenters. The maximum absolute atomic E-state index is 11.1. The van der Waals surface area contributed by atoms with Crippen molar-refractivity contribution in [2.45, 2.75) is 46.4 Å². The van der Waals surface area contributed by atoms with Crippen LogP contribution in [0.4, 0.5) is 0 Å². The quantitative estimate of drug-likeness (QED) is 0.706. The number of benzene rings is 1. The van der Waals surface area contributed by atoms with Crippen molar-refractivity contribution in [3.8, 4) is 5.75 Å². The summed E-state index contributed by atoms with van der Waals surface area (Å²) in [6.45, 7) is 6.94. The molecule has 25 heavy (non-hydrogen) atoms. The first-order valence-corrected chi connectivity index (χ1v) is 8.44. The Morgan fingerprint density at radius 2 is 2.16 bits per heavy atom. The number of nitrogens with one attached hydrogen (secondary N) is 1. The van der Waals surface area contributed by atoms with Crippen molar-refractivity contribution >= 4 is 5.97 Å². The van der Waals surface area contributed by atoms with Gasteiger partial charge in [0.05, 0.1) is 12.3 Å². The molecule has 0 saturated carbocycles. The summed E-state index contributed by atoms with van der Waals surface area (Å²) in [5.41, 5.74) is 2.94. The van der Waals surface area contributed by atoms with E-state index in [2.05, 4.69) is 22.2 Å². The second kappa shape index (κ2) is 9.74. The van der Waals surface area contributed by atoms with Gasteiger partial charge in [0.15, 0.2) is 0 Å². The van der Waals surface area contributed by atoms with Crippen LogP contribution in [0.2, 0.25) is 0 Å². The Kier molecular flexibility index (Phi) is 7.35. The summed E-state index contributed by atoms with van der Waals surface area (Å²) in [6.07, 6.45) is 5.97.